The maximum Gasteiger partial charge on any atom is 0.239 e. The van der Waals surface area contributed by atoms with Crippen LogP contribution in [0.15, 0.2) is 64.3 Å². The van der Waals surface area contributed by atoms with Crippen LogP contribution in [0.3, 0.4) is 0 Å². The van der Waals surface area contributed by atoms with Crippen LogP contribution in [-0.2, 0) is 19.4 Å². The number of thioether (sulfide) groups is 1. The Morgan fingerprint density at radius 3 is 2.59 bits per heavy atom. The lowest BCUT2D eigenvalue weighted by atomic mass is 10.1. The standard InChI is InChI=1S/C21H22N4OS/c1-3-19-23-20(26-24-19)15(2)27-21-22-17-11-7-8-12-18(17)25(21)14-13-16-9-5-4-6-10-16/h4-12,15H,3,13-14H2,1-2H3. The van der Waals surface area contributed by atoms with Gasteiger partial charge in [0.25, 0.3) is 0 Å². The first-order valence-electron chi connectivity index (χ1n) is 9.23. The fourth-order valence-electron chi connectivity index (χ4n) is 3.03. The highest BCUT2D eigenvalue weighted by Gasteiger charge is 2.19. The number of aryl methyl sites for hydroxylation is 3. The molecule has 138 valence electrons. The molecule has 0 amide bonds. The van der Waals surface area contributed by atoms with E-state index in [1.807, 2.05) is 19.1 Å². The molecule has 0 radical (unpaired) electrons. The average Bonchev–Trinajstić information content (AvgIpc) is 3.32. The van der Waals surface area contributed by atoms with Gasteiger partial charge in [-0.3, -0.25) is 0 Å². The third-order valence-corrected chi connectivity index (χ3v) is 5.59. The van der Waals surface area contributed by atoms with Crippen LogP contribution in [-0.4, -0.2) is 19.7 Å². The van der Waals surface area contributed by atoms with Gasteiger partial charge in [-0.1, -0.05) is 66.3 Å². The molecule has 27 heavy (non-hydrogen) atoms. The lowest BCUT2D eigenvalue weighted by Gasteiger charge is -2.11. The molecular formula is C21H22N4OS. The predicted molar refractivity (Wildman–Crippen MR) is 108 cm³/mol. The Morgan fingerprint density at radius 2 is 1.81 bits per heavy atom. The summed E-state index contributed by atoms with van der Waals surface area (Å²) in [6.45, 7) is 4.98. The topological polar surface area (TPSA) is 56.7 Å². The van der Waals surface area contributed by atoms with Crippen molar-refractivity contribution in [2.24, 2.45) is 0 Å². The van der Waals surface area contributed by atoms with Gasteiger partial charge in [-0.2, -0.15) is 4.98 Å². The second-order valence-corrected chi connectivity index (χ2v) is 7.74. The smallest absolute Gasteiger partial charge is 0.239 e. The van der Waals surface area contributed by atoms with Crippen LogP contribution >= 0.6 is 11.8 Å². The number of imidazole rings is 1. The van der Waals surface area contributed by atoms with E-state index in [0.717, 1.165) is 41.4 Å². The van der Waals surface area contributed by atoms with Crippen LogP contribution in [0.25, 0.3) is 11.0 Å². The lowest BCUT2D eigenvalue weighted by Crippen LogP contribution is -2.04. The Labute approximate surface area is 162 Å². The van der Waals surface area contributed by atoms with Crippen LogP contribution in [0.4, 0.5) is 0 Å². The number of hydrogen-bond donors (Lipinski definition) is 0. The van der Waals surface area contributed by atoms with Gasteiger partial charge < -0.3 is 9.09 Å². The van der Waals surface area contributed by atoms with Gasteiger partial charge in [0.1, 0.15) is 0 Å². The van der Waals surface area contributed by atoms with E-state index < -0.39 is 0 Å². The summed E-state index contributed by atoms with van der Waals surface area (Å²) in [5.74, 6) is 1.40. The summed E-state index contributed by atoms with van der Waals surface area (Å²) in [6.07, 6.45) is 1.74. The van der Waals surface area contributed by atoms with Gasteiger partial charge >= 0.3 is 0 Å². The fourth-order valence-corrected chi connectivity index (χ4v) is 4.01. The van der Waals surface area contributed by atoms with E-state index in [2.05, 4.69) is 64.1 Å². The van der Waals surface area contributed by atoms with Crippen molar-refractivity contribution < 1.29 is 4.52 Å². The third-order valence-electron chi connectivity index (χ3n) is 4.52. The molecule has 0 fully saturated rings. The van der Waals surface area contributed by atoms with Crippen molar-refractivity contribution in [2.45, 2.75) is 43.6 Å². The van der Waals surface area contributed by atoms with Crippen molar-refractivity contribution in [2.75, 3.05) is 0 Å². The van der Waals surface area contributed by atoms with E-state index in [0.29, 0.717) is 5.89 Å². The molecule has 1 unspecified atom stereocenters. The van der Waals surface area contributed by atoms with Crippen LogP contribution in [0.2, 0.25) is 0 Å². The molecule has 2 heterocycles. The molecule has 0 saturated carbocycles. The van der Waals surface area contributed by atoms with Crippen molar-refractivity contribution in [3.05, 3.63) is 71.9 Å². The summed E-state index contributed by atoms with van der Waals surface area (Å²) >= 11 is 1.66. The van der Waals surface area contributed by atoms with Crippen LogP contribution in [0.1, 0.15) is 36.4 Å². The Bertz CT molecular complexity index is 1030. The normalized spacial score (nSPS) is 12.5. The van der Waals surface area contributed by atoms with E-state index in [1.165, 1.54) is 5.56 Å². The zero-order valence-electron chi connectivity index (χ0n) is 15.5. The number of nitrogens with zero attached hydrogens (tertiary/aromatic N) is 4. The van der Waals surface area contributed by atoms with Crippen molar-refractivity contribution in [3.8, 4) is 0 Å². The maximum absolute atomic E-state index is 5.41. The number of aromatic nitrogens is 4. The van der Waals surface area contributed by atoms with Gasteiger partial charge in [-0.15, -0.1) is 0 Å². The zero-order valence-corrected chi connectivity index (χ0v) is 16.3. The lowest BCUT2D eigenvalue weighted by molar-refractivity contribution is 0.375. The maximum atomic E-state index is 5.41. The van der Waals surface area contributed by atoms with Gasteiger partial charge in [0, 0.05) is 13.0 Å². The molecule has 4 aromatic rings. The van der Waals surface area contributed by atoms with Crippen LogP contribution in [0, 0.1) is 0 Å². The molecule has 1 atom stereocenters. The van der Waals surface area contributed by atoms with Gasteiger partial charge in [0.15, 0.2) is 11.0 Å². The van der Waals surface area contributed by atoms with Gasteiger partial charge in [0.2, 0.25) is 5.89 Å². The van der Waals surface area contributed by atoms with Crippen molar-refractivity contribution in [1.82, 2.24) is 19.7 Å². The van der Waals surface area contributed by atoms with E-state index in [-0.39, 0.29) is 5.25 Å². The van der Waals surface area contributed by atoms with E-state index in [4.69, 9.17) is 9.51 Å². The Morgan fingerprint density at radius 1 is 1.04 bits per heavy atom. The summed E-state index contributed by atoms with van der Waals surface area (Å²) in [5.41, 5.74) is 3.49. The van der Waals surface area contributed by atoms with Gasteiger partial charge in [-0.25, -0.2) is 4.98 Å². The monoisotopic (exact) mass is 378 g/mol. The molecule has 0 aliphatic carbocycles. The highest BCUT2D eigenvalue weighted by molar-refractivity contribution is 7.99. The Hall–Kier alpha value is -2.60. The largest absolute Gasteiger partial charge is 0.338 e. The number of para-hydroxylation sites is 2. The Kier molecular flexibility index (Phi) is 5.25. The van der Waals surface area contributed by atoms with E-state index >= 15 is 0 Å². The van der Waals surface area contributed by atoms with Crippen molar-refractivity contribution >= 4 is 22.8 Å². The molecule has 4 rings (SSSR count). The van der Waals surface area contributed by atoms with Crippen molar-refractivity contribution in [1.29, 1.82) is 0 Å². The summed E-state index contributed by atoms with van der Waals surface area (Å²) in [6, 6.07) is 18.8. The molecule has 5 nitrogen and oxygen atoms in total. The highest BCUT2D eigenvalue weighted by atomic mass is 32.2. The van der Waals surface area contributed by atoms with Gasteiger partial charge in [0.05, 0.1) is 16.3 Å². The first-order valence-corrected chi connectivity index (χ1v) is 10.1. The SMILES string of the molecule is CCc1noc(C(C)Sc2nc3ccccc3n2CCc2ccccc2)n1. The quantitative estimate of drug-likeness (QED) is 0.420. The Balaban J connectivity index is 1.61. The minimum Gasteiger partial charge on any atom is -0.338 e. The summed E-state index contributed by atoms with van der Waals surface area (Å²) in [7, 11) is 0. The molecular weight excluding hydrogens is 356 g/mol. The molecule has 6 heteroatoms. The van der Waals surface area contributed by atoms with Gasteiger partial charge in [-0.05, 0) is 31.0 Å². The number of benzene rings is 2. The minimum absolute atomic E-state index is 0.0464. The summed E-state index contributed by atoms with van der Waals surface area (Å²) in [5, 5.41) is 5.04. The molecule has 0 bridgehead atoms. The van der Waals surface area contributed by atoms with E-state index in [9.17, 15) is 0 Å². The molecule has 2 aromatic carbocycles. The third kappa shape index (κ3) is 3.90. The molecule has 0 N–H and O–H groups in total. The second kappa shape index (κ2) is 7.96. The zero-order chi connectivity index (χ0) is 18.6. The minimum atomic E-state index is 0.0464. The first-order chi connectivity index (χ1) is 13.2. The second-order valence-electron chi connectivity index (χ2n) is 6.43. The number of rotatable bonds is 7. The number of hydrogen-bond acceptors (Lipinski definition) is 5. The van der Waals surface area contributed by atoms with Crippen LogP contribution < -0.4 is 0 Å². The van der Waals surface area contributed by atoms with Crippen molar-refractivity contribution in [3.63, 3.8) is 0 Å². The first kappa shape index (κ1) is 17.8. The average molecular weight is 379 g/mol. The molecule has 0 spiro atoms. The fraction of sp³-hybridized carbons (Fsp3) is 0.286. The number of fused-ring (bicyclic) bond motifs is 1. The molecule has 0 aliphatic heterocycles. The molecule has 0 saturated heterocycles. The van der Waals surface area contributed by atoms with E-state index in [1.54, 1.807) is 11.8 Å². The predicted octanol–water partition coefficient (Wildman–Crippen LogP) is 5.08. The molecule has 0 aliphatic rings. The summed E-state index contributed by atoms with van der Waals surface area (Å²) < 4.78 is 7.71. The molecule has 2 aromatic heterocycles. The summed E-state index contributed by atoms with van der Waals surface area (Å²) in [4.78, 5) is 9.32. The van der Waals surface area contributed by atoms with Crippen LogP contribution in [0.5, 0.6) is 0 Å². The highest BCUT2D eigenvalue weighted by Crippen LogP contribution is 2.35.